The van der Waals surface area contributed by atoms with Crippen LogP contribution in [0.4, 0.5) is 5.82 Å². The van der Waals surface area contributed by atoms with E-state index in [0.717, 1.165) is 0 Å². The zero-order valence-corrected chi connectivity index (χ0v) is 15.7. The van der Waals surface area contributed by atoms with Crippen molar-refractivity contribution in [3.8, 4) is 17.4 Å². The van der Waals surface area contributed by atoms with Crippen molar-refractivity contribution in [1.82, 2.24) is 24.7 Å². The molecule has 0 aliphatic heterocycles. The van der Waals surface area contributed by atoms with Gasteiger partial charge in [-0.05, 0) is 37.1 Å². The maximum Gasteiger partial charge on any atom is 0.262 e. The van der Waals surface area contributed by atoms with Crippen LogP contribution in [0, 0.1) is 5.92 Å². The Labute approximate surface area is 157 Å². The topological polar surface area (TPSA) is 94.8 Å². The molecule has 3 aromatic heterocycles. The van der Waals surface area contributed by atoms with E-state index >= 15 is 0 Å². The number of pyridine rings is 2. The number of anilines is 1. The van der Waals surface area contributed by atoms with E-state index in [2.05, 4.69) is 46.3 Å². The summed E-state index contributed by atoms with van der Waals surface area (Å²) in [6, 6.07) is 8.92. The Kier molecular flexibility index (Phi) is 5.44. The van der Waals surface area contributed by atoms with Gasteiger partial charge in [0, 0.05) is 12.2 Å². The monoisotopic (exact) mass is 366 g/mol. The van der Waals surface area contributed by atoms with Crippen LogP contribution < -0.4 is 10.1 Å². The van der Waals surface area contributed by atoms with E-state index in [1.54, 1.807) is 30.7 Å². The second kappa shape index (κ2) is 7.94. The lowest BCUT2D eigenvalue weighted by atomic mass is 10.1. The largest absolute Gasteiger partial charge is 0.480 e. The fraction of sp³-hybridized carbons (Fsp3) is 0.316. The van der Waals surface area contributed by atoms with Gasteiger partial charge in [0.1, 0.15) is 23.4 Å². The van der Waals surface area contributed by atoms with Crippen molar-refractivity contribution >= 4 is 11.7 Å². The summed E-state index contributed by atoms with van der Waals surface area (Å²) in [6.45, 7) is 6.39. The molecule has 0 saturated carbocycles. The van der Waals surface area contributed by atoms with Crippen molar-refractivity contribution < 1.29 is 9.53 Å². The van der Waals surface area contributed by atoms with E-state index in [1.165, 1.54) is 7.11 Å². The molecule has 1 N–H and O–H groups in total. The van der Waals surface area contributed by atoms with Crippen molar-refractivity contribution in [2.75, 3.05) is 12.4 Å². The van der Waals surface area contributed by atoms with Gasteiger partial charge in [-0.2, -0.15) is 0 Å². The van der Waals surface area contributed by atoms with Crippen molar-refractivity contribution in [3.63, 3.8) is 0 Å². The van der Waals surface area contributed by atoms with Gasteiger partial charge in [-0.15, -0.1) is 10.2 Å². The molecule has 0 spiro atoms. The van der Waals surface area contributed by atoms with Crippen molar-refractivity contribution in [2.24, 2.45) is 5.92 Å². The lowest BCUT2D eigenvalue weighted by molar-refractivity contribution is 0.102. The van der Waals surface area contributed by atoms with Gasteiger partial charge in [0.05, 0.1) is 7.11 Å². The number of hydrogen-bond acceptors (Lipinski definition) is 6. The average Bonchev–Trinajstić information content (AvgIpc) is 3.17. The summed E-state index contributed by atoms with van der Waals surface area (Å²) >= 11 is 0. The molecule has 1 atom stereocenters. The lowest BCUT2D eigenvalue weighted by Crippen LogP contribution is -2.15. The molecule has 8 nitrogen and oxygen atoms in total. The van der Waals surface area contributed by atoms with Crippen LogP contribution >= 0.6 is 0 Å². The summed E-state index contributed by atoms with van der Waals surface area (Å²) in [4.78, 5) is 21.1. The second-order valence-corrected chi connectivity index (χ2v) is 6.47. The minimum atomic E-state index is -0.346. The number of carbonyl (C=O) groups excluding carboxylic acids is 1. The molecular weight excluding hydrogens is 344 g/mol. The number of nitrogens with zero attached hydrogens (tertiary/aromatic N) is 5. The number of nitrogens with one attached hydrogen (secondary N) is 1. The van der Waals surface area contributed by atoms with E-state index in [0.29, 0.717) is 28.8 Å². The van der Waals surface area contributed by atoms with Crippen molar-refractivity contribution in [1.29, 1.82) is 0 Å². The Morgan fingerprint density at radius 2 is 2.00 bits per heavy atom. The van der Waals surface area contributed by atoms with Crippen LogP contribution in [-0.2, 0) is 0 Å². The Hall–Kier alpha value is -3.29. The highest BCUT2D eigenvalue weighted by molar-refractivity contribution is 6.05. The van der Waals surface area contributed by atoms with Gasteiger partial charge in [-0.1, -0.05) is 19.9 Å². The average molecular weight is 366 g/mol. The summed E-state index contributed by atoms with van der Waals surface area (Å²) in [7, 11) is 1.47. The Balaban J connectivity index is 1.87. The number of aromatic nitrogens is 5. The molecule has 8 heteroatoms. The van der Waals surface area contributed by atoms with Crippen LogP contribution in [-0.4, -0.2) is 37.7 Å². The molecule has 27 heavy (non-hydrogen) atoms. The zero-order valence-electron chi connectivity index (χ0n) is 15.7. The van der Waals surface area contributed by atoms with Gasteiger partial charge >= 0.3 is 0 Å². The first-order valence-electron chi connectivity index (χ1n) is 8.68. The molecule has 0 aliphatic rings. The SMILES string of the molecule is COc1ncccc1C(=O)Nc1cccc(-c2nncn2[C@@H](C)C(C)C)n1. The highest BCUT2D eigenvalue weighted by atomic mass is 16.5. The predicted molar refractivity (Wildman–Crippen MR) is 102 cm³/mol. The van der Waals surface area contributed by atoms with Crippen LogP contribution in [0.3, 0.4) is 0 Å². The molecule has 0 fully saturated rings. The zero-order chi connectivity index (χ0) is 19.4. The fourth-order valence-electron chi connectivity index (χ4n) is 2.58. The van der Waals surface area contributed by atoms with Crippen molar-refractivity contribution in [2.45, 2.75) is 26.8 Å². The summed E-state index contributed by atoms with van der Waals surface area (Å²) in [5, 5.41) is 11.0. The Morgan fingerprint density at radius 1 is 1.19 bits per heavy atom. The lowest BCUT2D eigenvalue weighted by Gasteiger charge is -2.18. The van der Waals surface area contributed by atoms with Crippen LogP contribution in [0.5, 0.6) is 5.88 Å². The fourth-order valence-corrected chi connectivity index (χ4v) is 2.58. The van der Waals surface area contributed by atoms with Crippen LogP contribution in [0.15, 0.2) is 42.9 Å². The standard InChI is InChI=1S/C19H22N6O2/c1-12(2)13(3)25-11-21-24-17(25)15-8-5-9-16(22-15)23-18(26)14-7-6-10-20-19(14)27-4/h5-13H,1-4H3,(H,22,23,26)/t13-/m0/s1. The summed E-state index contributed by atoms with van der Waals surface area (Å²) in [5.41, 5.74) is 0.972. The van der Waals surface area contributed by atoms with Crippen LogP contribution in [0.2, 0.25) is 0 Å². The predicted octanol–water partition coefficient (Wildman–Crippen LogP) is 3.21. The van der Waals surface area contributed by atoms with Crippen LogP contribution in [0.25, 0.3) is 11.5 Å². The molecule has 3 heterocycles. The molecule has 3 aromatic rings. The summed E-state index contributed by atoms with van der Waals surface area (Å²) < 4.78 is 7.13. The minimum Gasteiger partial charge on any atom is -0.480 e. The first-order valence-corrected chi connectivity index (χ1v) is 8.68. The molecular formula is C19H22N6O2. The quantitative estimate of drug-likeness (QED) is 0.720. The van der Waals surface area contributed by atoms with E-state index < -0.39 is 0 Å². The maximum absolute atomic E-state index is 12.6. The van der Waals surface area contributed by atoms with Crippen molar-refractivity contribution in [3.05, 3.63) is 48.4 Å². The van der Waals surface area contributed by atoms with Gasteiger partial charge in [0.15, 0.2) is 5.82 Å². The molecule has 140 valence electrons. The molecule has 0 bridgehead atoms. The third-order valence-corrected chi connectivity index (χ3v) is 4.41. The molecule has 0 aliphatic carbocycles. The normalized spacial score (nSPS) is 12.0. The highest BCUT2D eigenvalue weighted by Crippen LogP contribution is 2.24. The number of rotatable bonds is 6. The van der Waals surface area contributed by atoms with Gasteiger partial charge in [0.2, 0.25) is 5.88 Å². The number of methoxy groups -OCH3 is 1. The molecule has 0 aromatic carbocycles. The summed E-state index contributed by atoms with van der Waals surface area (Å²) in [5.74, 6) is 1.40. The minimum absolute atomic E-state index is 0.217. The van der Waals surface area contributed by atoms with E-state index in [4.69, 9.17) is 4.74 Å². The smallest absolute Gasteiger partial charge is 0.262 e. The number of carbonyl (C=O) groups is 1. The highest BCUT2D eigenvalue weighted by Gasteiger charge is 2.18. The van der Waals surface area contributed by atoms with Gasteiger partial charge < -0.3 is 14.6 Å². The Morgan fingerprint density at radius 3 is 2.74 bits per heavy atom. The number of hydrogen-bond donors (Lipinski definition) is 1. The maximum atomic E-state index is 12.6. The van der Waals surface area contributed by atoms with Gasteiger partial charge in [-0.25, -0.2) is 9.97 Å². The third-order valence-electron chi connectivity index (χ3n) is 4.41. The first kappa shape index (κ1) is 18.5. The van der Waals surface area contributed by atoms with E-state index in [1.807, 2.05) is 16.7 Å². The molecule has 0 saturated heterocycles. The van der Waals surface area contributed by atoms with E-state index in [9.17, 15) is 4.79 Å². The number of amides is 1. The van der Waals surface area contributed by atoms with Gasteiger partial charge in [0.25, 0.3) is 5.91 Å². The second-order valence-electron chi connectivity index (χ2n) is 6.47. The van der Waals surface area contributed by atoms with Crippen LogP contribution in [0.1, 0.15) is 37.2 Å². The number of ether oxygens (including phenoxy) is 1. The molecule has 3 rings (SSSR count). The summed E-state index contributed by atoms with van der Waals surface area (Å²) in [6.07, 6.45) is 3.27. The van der Waals surface area contributed by atoms with Gasteiger partial charge in [-0.3, -0.25) is 4.79 Å². The third kappa shape index (κ3) is 3.94. The first-order chi connectivity index (χ1) is 13.0. The molecule has 0 radical (unpaired) electrons. The molecule has 1 amide bonds. The Bertz CT molecular complexity index is 937. The molecule has 0 unspecified atom stereocenters. The van der Waals surface area contributed by atoms with E-state index in [-0.39, 0.29) is 17.8 Å².